The molecule has 1 aromatic heterocycles. The third kappa shape index (κ3) is 4.09. The highest BCUT2D eigenvalue weighted by atomic mass is 32.1. The molecule has 0 aromatic carbocycles. The summed E-state index contributed by atoms with van der Waals surface area (Å²) in [5.41, 5.74) is 0. The lowest BCUT2D eigenvalue weighted by Gasteiger charge is -2.14. The van der Waals surface area contributed by atoms with Crippen molar-refractivity contribution in [2.45, 2.75) is 39.7 Å². The van der Waals surface area contributed by atoms with Crippen LogP contribution < -0.4 is 5.32 Å². The van der Waals surface area contributed by atoms with Crippen LogP contribution in [0.2, 0.25) is 0 Å². The summed E-state index contributed by atoms with van der Waals surface area (Å²) in [6.07, 6.45) is 1.09. The van der Waals surface area contributed by atoms with E-state index in [2.05, 4.69) is 10.3 Å². The number of rotatable bonds is 5. The molecule has 17 heavy (non-hydrogen) atoms. The first-order valence-electron chi connectivity index (χ1n) is 5.83. The van der Waals surface area contributed by atoms with Gasteiger partial charge >= 0.3 is 0 Å². The minimum atomic E-state index is -0.503. The summed E-state index contributed by atoms with van der Waals surface area (Å²) in [6.45, 7) is 8.21. The molecule has 1 heterocycles. The molecule has 0 bridgehead atoms. The van der Waals surface area contributed by atoms with E-state index >= 15 is 0 Å². The molecule has 1 aromatic rings. The summed E-state index contributed by atoms with van der Waals surface area (Å²) in [6, 6.07) is 0. The van der Waals surface area contributed by atoms with Gasteiger partial charge in [0.25, 0.3) is 5.91 Å². The Morgan fingerprint density at radius 3 is 2.59 bits per heavy atom. The minimum absolute atomic E-state index is 0.142. The largest absolute Gasteiger partial charge is 0.391 e. The molecule has 5 heteroatoms. The highest BCUT2D eigenvalue weighted by Crippen LogP contribution is 2.20. The number of carbonyl (C=O) groups is 1. The quantitative estimate of drug-likeness (QED) is 0.847. The van der Waals surface area contributed by atoms with Gasteiger partial charge in [-0.05, 0) is 5.92 Å². The first-order valence-corrected chi connectivity index (χ1v) is 6.65. The highest BCUT2D eigenvalue weighted by Gasteiger charge is 2.14. The average Bonchev–Trinajstić information content (AvgIpc) is 2.74. The third-order valence-electron chi connectivity index (χ3n) is 2.48. The van der Waals surface area contributed by atoms with Gasteiger partial charge in [0.15, 0.2) is 0 Å². The number of nitrogens with one attached hydrogen (secondary N) is 1. The average molecular weight is 256 g/mol. The minimum Gasteiger partial charge on any atom is -0.391 e. The molecule has 4 nitrogen and oxygen atoms in total. The Hall–Kier alpha value is -0.940. The summed E-state index contributed by atoms with van der Waals surface area (Å²) in [5, 5.41) is 13.3. The van der Waals surface area contributed by atoms with Gasteiger partial charge in [-0.2, -0.15) is 0 Å². The lowest BCUT2D eigenvalue weighted by atomic mass is 10.1. The molecule has 2 N–H and O–H groups in total. The van der Waals surface area contributed by atoms with Crippen molar-refractivity contribution in [3.05, 3.63) is 16.1 Å². The summed E-state index contributed by atoms with van der Waals surface area (Å²) >= 11 is 1.40. The van der Waals surface area contributed by atoms with E-state index in [0.717, 1.165) is 5.01 Å². The van der Waals surface area contributed by atoms with Crippen molar-refractivity contribution in [2.75, 3.05) is 6.54 Å². The van der Waals surface area contributed by atoms with Crippen LogP contribution in [-0.2, 0) is 0 Å². The van der Waals surface area contributed by atoms with E-state index in [9.17, 15) is 9.90 Å². The van der Waals surface area contributed by atoms with Gasteiger partial charge in [-0.1, -0.05) is 27.7 Å². The number of hydrogen-bond acceptors (Lipinski definition) is 4. The van der Waals surface area contributed by atoms with E-state index in [-0.39, 0.29) is 18.4 Å². The van der Waals surface area contributed by atoms with Crippen LogP contribution in [-0.4, -0.2) is 28.6 Å². The molecular weight excluding hydrogens is 236 g/mol. The lowest BCUT2D eigenvalue weighted by Crippen LogP contribution is -2.34. The van der Waals surface area contributed by atoms with Crippen LogP contribution in [0.5, 0.6) is 0 Å². The molecule has 96 valence electrons. The molecule has 0 aliphatic rings. The fourth-order valence-electron chi connectivity index (χ4n) is 1.18. The van der Waals surface area contributed by atoms with E-state index in [0.29, 0.717) is 10.8 Å². The van der Waals surface area contributed by atoms with Gasteiger partial charge in [0.1, 0.15) is 4.88 Å². The summed E-state index contributed by atoms with van der Waals surface area (Å²) in [4.78, 5) is 16.6. The van der Waals surface area contributed by atoms with Crippen molar-refractivity contribution >= 4 is 17.2 Å². The monoisotopic (exact) mass is 256 g/mol. The second kappa shape index (κ2) is 6.12. The number of hydrogen-bond donors (Lipinski definition) is 2. The topological polar surface area (TPSA) is 62.2 Å². The lowest BCUT2D eigenvalue weighted by molar-refractivity contribution is 0.0875. The molecule has 0 saturated heterocycles. The van der Waals surface area contributed by atoms with Crippen LogP contribution in [0.3, 0.4) is 0 Å². The maximum atomic E-state index is 11.8. The van der Waals surface area contributed by atoms with Gasteiger partial charge in [0, 0.05) is 12.5 Å². The van der Waals surface area contributed by atoms with Gasteiger partial charge in [-0.3, -0.25) is 4.79 Å². The maximum absolute atomic E-state index is 11.8. The zero-order chi connectivity index (χ0) is 13.0. The van der Waals surface area contributed by atoms with Gasteiger partial charge in [0.05, 0.1) is 17.3 Å². The Morgan fingerprint density at radius 2 is 2.12 bits per heavy atom. The standard InChI is InChI=1S/C12H20N2O2S/c1-7(2)9(15)5-13-11(16)10-6-14-12(17-10)8(3)4/h6-9,15H,5H2,1-4H3,(H,13,16). The van der Waals surface area contributed by atoms with E-state index in [4.69, 9.17) is 0 Å². The van der Waals surface area contributed by atoms with Crippen LogP contribution in [0.4, 0.5) is 0 Å². The Kier molecular flexibility index (Phi) is 5.08. The Balaban J connectivity index is 2.52. The maximum Gasteiger partial charge on any atom is 0.263 e. The summed E-state index contributed by atoms with van der Waals surface area (Å²) in [7, 11) is 0. The first-order chi connectivity index (χ1) is 7.91. The van der Waals surface area contributed by atoms with Crippen molar-refractivity contribution in [3.63, 3.8) is 0 Å². The molecule has 1 atom stereocenters. The Morgan fingerprint density at radius 1 is 1.47 bits per heavy atom. The number of thiazole rings is 1. The number of aromatic nitrogens is 1. The Labute approximate surface area is 106 Å². The number of carbonyl (C=O) groups excluding carboxylic acids is 1. The van der Waals surface area contributed by atoms with E-state index in [1.165, 1.54) is 11.3 Å². The van der Waals surface area contributed by atoms with E-state index in [1.807, 2.05) is 27.7 Å². The molecule has 0 saturated carbocycles. The van der Waals surface area contributed by atoms with Crippen molar-refractivity contribution in [2.24, 2.45) is 5.92 Å². The number of nitrogens with zero attached hydrogens (tertiary/aromatic N) is 1. The molecule has 0 fully saturated rings. The number of aliphatic hydroxyl groups excluding tert-OH is 1. The smallest absolute Gasteiger partial charge is 0.263 e. The second-order valence-electron chi connectivity index (χ2n) is 4.74. The SMILES string of the molecule is CC(C)c1ncc(C(=O)NCC(O)C(C)C)s1. The summed E-state index contributed by atoms with van der Waals surface area (Å²) in [5.74, 6) is 0.319. The molecule has 1 amide bonds. The molecular formula is C12H20N2O2S. The molecule has 0 radical (unpaired) electrons. The van der Waals surface area contributed by atoms with Crippen LogP contribution in [0.15, 0.2) is 6.20 Å². The van der Waals surface area contributed by atoms with Gasteiger partial charge in [-0.15, -0.1) is 11.3 Å². The fraction of sp³-hybridized carbons (Fsp3) is 0.667. The predicted molar refractivity (Wildman–Crippen MR) is 69.4 cm³/mol. The molecule has 1 unspecified atom stereocenters. The van der Waals surface area contributed by atoms with Crippen LogP contribution in [0.1, 0.15) is 48.3 Å². The second-order valence-corrected chi connectivity index (χ2v) is 5.80. The van der Waals surface area contributed by atoms with E-state index < -0.39 is 6.10 Å². The van der Waals surface area contributed by atoms with Crippen molar-refractivity contribution in [3.8, 4) is 0 Å². The van der Waals surface area contributed by atoms with Crippen molar-refractivity contribution < 1.29 is 9.90 Å². The molecule has 0 aliphatic carbocycles. The van der Waals surface area contributed by atoms with Gasteiger partial charge in [0.2, 0.25) is 0 Å². The molecule has 1 rings (SSSR count). The molecule has 0 spiro atoms. The number of amides is 1. The third-order valence-corrected chi connectivity index (χ3v) is 3.78. The van der Waals surface area contributed by atoms with E-state index in [1.54, 1.807) is 6.20 Å². The zero-order valence-electron chi connectivity index (χ0n) is 10.7. The van der Waals surface area contributed by atoms with Gasteiger partial charge < -0.3 is 10.4 Å². The highest BCUT2D eigenvalue weighted by molar-refractivity contribution is 7.13. The van der Waals surface area contributed by atoms with Crippen molar-refractivity contribution in [1.82, 2.24) is 10.3 Å². The zero-order valence-corrected chi connectivity index (χ0v) is 11.5. The predicted octanol–water partition coefficient (Wildman–Crippen LogP) is 2.01. The summed E-state index contributed by atoms with van der Waals surface area (Å²) < 4.78 is 0. The Bertz CT molecular complexity index is 374. The van der Waals surface area contributed by atoms with Crippen molar-refractivity contribution in [1.29, 1.82) is 0 Å². The number of aliphatic hydroxyl groups is 1. The van der Waals surface area contributed by atoms with Gasteiger partial charge in [-0.25, -0.2) is 4.98 Å². The molecule has 0 aliphatic heterocycles. The van der Waals surface area contributed by atoms with Crippen LogP contribution in [0, 0.1) is 5.92 Å². The van der Waals surface area contributed by atoms with Crippen LogP contribution >= 0.6 is 11.3 Å². The first kappa shape index (κ1) is 14.1. The van der Waals surface area contributed by atoms with Crippen LogP contribution in [0.25, 0.3) is 0 Å². The normalized spacial score (nSPS) is 13.1. The fourth-order valence-corrected chi connectivity index (χ4v) is 2.02.